The van der Waals surface area contributed by atoms with E-state index >= 15 is 0 Å². The van der Waals surface area contributed by atoms with Crippen molar-refractivity contribution in [3.8, 4) is 0 Å². The molecule has 0 aliphatic rings. The second-order valence-corrected chi connectivity index (χ2v) is 8.40. The smallest absolute Gasteiger partial charge is 0.263 e. The van der Waals surface area contributed by atoms with Crippen molar-refractivity contribution >= 4 is 25.7 Å². The molecule has 0 saturated heterocycles. The van der Waals surface area contributed by atoms with Crippen molar-refractivity contribution in [3.05, 3.63) is 35.5 Å². The number of hydrogen-bond donors (Lipinski definition) is 2. The fourth-order valence-corrected chi connectivity index (χ4v) is 3.60. The summed E-state index contributed by atoms with van der Waals surface area (Å²) in [6, 6.07) is 4.67. The highest BCUT2D eigenvalue weighted by Gasteiger charge is 2.22. The van der Waals surface area contributed by atoms with Crippen molar-refractivity contribution in [2.24, 2.45) is 0 Å². The number of anilines is 1. The van der Waals surface area contributed by atoms with Gasteiger partial charge in [-0.15, -0.1) is 0 Å². The summed E-state index contributed by atoms with van der Waals surface area (Å²) in [5, 5.41) is 5.91. The highest BCUT2D eigenvalue weighted by Crippen LogP contribution is 2.22. The molecule has 0 aliphatic carbocycles. The van der Waals surface area contributed by atoms with Crippen molar-refractivity contribution in [2.75, 3.05) is 11.0 Å². The van der Waals surface area contributed by atoms with Gasteiger partial charge in [0.25, 0.3) is 10.0 Å². The van der Waals surface area contributed by atoms with Gasteiger partial charge in [0.1, 0.15) is 4.90 Å². The lowest BCUT2D eigenvalue weighted by Gasteiger charge is -2.09. The average molecular weight is 329 g/mol. The number of aryl methyl sites for hydroxylation is 2. The molecule has 0 aliphatic heterocycles. The van der Waals surface area contributed by atoms with Crippen LogP contribution in [-0.4, -0.2) is 33.3 Å². The van der Waals surface area contributed by atoms with E-state index in [-0.39, 0.29) is 15.6 Å². The minimum absolute atomic E-state index is 0.0552. The number of benzene rings is 1. The van der Waals surface area contributed by atoms with E-state index in [4.69, 9.17) is 0 Å². The lowest BCUT2D eigenvalue weighted by molar-refractivity contribution is 0.600. The number of H-pyrrole nitrogens is 1. The standard InChI is InChI=1S/C12H15N3O4S2/c1-8-4-5-10(6-9(8)2)21(18,19)15-12-11(7-13-14-12)20(3,16)17/h4-7H,1-3H3,(H2,13,14,15). The lowest BCUT2D eigenvalue weighted by Crippen LogP contribution is -2.15. The molecule has 9 heteroatoms. The lowest BCUT2D eigenvalue weighted by atomic mass is 10.1. The van der Waals surface area contributed by atoms with Crippen LogP contribution in [0.1, 0.15) is 11.1 Å². The van der Waals surface area contributed by atoms with E-state index in [1.807, 2.05) is 6.92 Å². The Balaban J connectivity index is 2.43. The predicted molar refractivity (Wildman–Crippen MR) is 78.4 cm³/mol. The summed E-state index contributed by atoms with van der Waals surface area (Å²) >= 11 is 0. The Labute approximate surface area is 123 Å². The van der Waals surface area contributed by atoms with Gasteiger partial charge in [0.15, 0.2) is 15.7 Å². The number of sulfone groups is 1. The predicted octanol–water partition coefficient (Wildman–Crippen LogP) is 1.23. The van der Waals surface area contributed by atoms with Crippen LogP contribution < -0.4 is 4.72 Å². The van der Waals surface area contributed by atoms with Crippen molar-refractivity contribution in [1.82, 2.24) is 10.2 Å². The molecular formula is C12H15N3O4S2. The maximum absolute atomic E-state index is 12.3. The molecule has 2 N–H and O–H groups in total. The number of hydrogen-bond acceptors (Lipinski definition) is 5. The Morgan fingerprint density at radius 2 is 1.76 bits per heavy atom. The molecule has 0 unspecified atom stereocenters. The van der Waals surface area contributed by atoms with Gasteiger partial charge in [-0.25, -0.2) is 16.8 Å². The van der Waals surface area contributed by atoms with Crippen molar-refractivity contribution in [1.29, 1.82) is 0 Å². The number of nitrogens with one attached hydrogen (secondary N) is 2. The molecule has 21 heavy (non-hydrogen) atoms. The zero-order valence-corrected chi connectivity index (χ0v) is 13.3. The Bertz CT molecular complexity index is 883. The van der Waals surface area contributed by atoms with E-state index < -0.39 is 19.9 Å². The van der Waals surface area contributed by atoms with Gasteiger partial charge in [-0.3, -0.25) is 9.82 Å². The molecule has 1 aromatic carbocycles. The summed E-state index contributed by atoms with van der Waals surface area (Å²) in [4.78, 5) is -0.144. The van der Waals surface area contributed by atoms with Crippen molar-refractivity contribution in [2.45, 2.75) is 23.6 Å². The molecule has 2 aromatic rings. The molecule has 114 valence electrons. The van der Waals surface area contributed by atoms with Crippen LogP contribution in [0.4, 0.5) is 5.82 Å². The Morgan fingerprint density at radius 3 is 2.33 bits per heavy atom. The summed E-state index contributed by atoms with van der Waals surface area (Å²) in [7, 11) is -7.47. The first-order valence-corrected chi connectivity index (χ1v) is 9.32. The third-order valence-corrected chi connectivity index (χ3v) is 5.48. The number of nitrogens with zero attached hydrogens (tertiary/aromatic N) is 1. The maximum atomic E-state index is 12.3. The molecular weight excluding hydrogens is 314 g/mol. The highest BCUT2D eigenvalue weighted by molar-refractivity contribution is 7.93. The van der Waals surface area contributed by atoms with Crippen molar-refractivity contribution < 1.29 is 16.8 Å². The number of aromatic nitrogens is 2. The molecule has 0 saturated carbocycles. The largest absolute Gasteiger partial charge is 0.263 e. The summed E-state index contributed by atoms with van der Waals surface area (Å²) in [6.45, 7) is 3.67. The fraction of sp³-hybridized carbons (Fsp3) is 0.250. The first kappa shape index (κ1) is 15.5. The molecule has 1 aromatic heterocycles. The second-order valence-electron chi connectivity index (χ2n) is 4.73. The van der Waals surface area contributed by atoms with Gasteiger partial charge in [-0.1, -0.05) is 6.07 Å². The topological polar surface area (TPSA) is 109 Å². The van der Waals surface area contributed by atoms with E-state index in [0.29, 0.717) is 0 Å². The minimum Gasteiger partial charge on any atom is -0.263 e. The molecule has 0 atom stereocenters. The van der Waals surface area contributed by atoms with Crippen molar-refractivity contribution in [3.63, 3.8) is 0 Å². The van der Waals surface area contributed by atoms with E-state index in [1.54, 1.807) is 13.0 Å². The van der Waals surface area contributed by atoms with Gasteiger partial charge in [0.05, 0.1) is 11.1 Å². The SMILES string of the molecule is Cc1ccc(S(=O)(=O)Nc2[nH]ncc2S(C)(=O)=O)cc1C. The van der Waals surface area contributed by atoms with Crippen LogP contribution in [0.5, 0.6) is 0 Å². The monoisotopic (exact) mass is 329 g/mol. The van der Waals surface area contributed by atoms with Gasteiger partial charge in [-0.2, -0.15) is 5.10 Å². The molecule has 0 fully saturated rings. The van der Waals surface area contributed by atoms with Crippen LogP contribution in [0, 0.1) is 13.8 Å². The number of rotatable bonds is 4. The molecule has 0 bridgehead atoms. The quantitative estimate of drug-likeness (QED) is 0.877. The van der Waals surface area contributed by atoms with Crippen LogP contribution in [0.15, 0.2) is 34.2 Å². The van der Waals surface area contributed by atoms with E-state index in [9.17, 15) is 16.8 Å². The molecule has 0 spiro atoms. The zero-order chi connectivity index (χ0) is 15.8. The third-order valence-electron chi connectivity index (χ3n) is 3.03. The van der Waals surface area contributed by atoms with Crippen LogP contribution >= 0.6 is 0 Å². The normalized spacial score (nSPS) is 12.3. The summed E-state index contributed by atoms with van der Waals surface area (Å²) in [5.41, 5.74) is 1.79. The summed E-state index contributed by atoms with van der Waals surface area (Å²) in [5.74, 6) is -0.171. The van der Waals surface area contributed by atoms with E-state index in [1.165, 1.54) is 12.1 Å². The van der Waals surface area contributed by atoms with Crippen LogP contribution in [-0.2, 0) is 19.9 Å². The highest BCUT2D eigenvalue weighted by atomic mass is 32.2. The van der Waals surface area contributed by atoms with Gasteiger partial charge < -0.3 is 0 Å². The first-order chi connectivity index (χ1) is 9.61. The van der Waals surface area contributed by atoms with E-state index in [0.717, 1.165) is 23.6 Å². The summed E-state index contributed by atoms with van der Waals surface area (Å²) in [6.07, 6.45) is 2.04. The zero-order valence-electron chi connectivity index (χ0n) is 11.7. The van der Waals surface area contributed by atoms with E-state index in [2.05, 4.69) is 14.9 Å². The Hall–Kier alpha value is -1.87. The molecule has 0 amide bonds. The molecule has 1 heterocycles. The molecule has 0 radical (unpaired) electrons. The molecule has 2 rings (SSSR count). The third kappa shape index (κ3) is 3.24. The second kappa shape index (κ2) is 5.15. The Kier molecular flexibility index (Phi) is 3.81. The number of sulfonamides is 1. The van der Waals surface area contributed by atoms with Crippen LogP contribution in [0.2, 0.25) is 0 Å². The average Bonchev–Trinajstić information content (AvgIpc) is 2.79. The van der Waals surface area contributed by atoms with Gasteiger partial charge in [0.2, 0.25) is 0 Å². The van der Waals surface area contributed by atoms with Crippen LogP contribution in [0.25, 0.3) is 0 Å². The fourth-order valence-electron chi connectivity index (χ4n) is 1.70. The maximum Gasteiger partial charge on any atom is 0.263 e. The van der Waals surface area contributed by atoms with Gasteiger partial charge >= 0.3 is 0 Å². The minimum atomic E-state index is -3.89. The summed E-state index contributed by atoms with van der Waals surface area (Å²) < 4.78 is 49.9. The molecule has 7 nitrogen and oxygen atoms in total. The Morgan fingerprint density at radius 1 is 1.10 bits per heavy atom. The van der Waals surface area contributed by atoms with Gasteiger partial charge in [-0.05, 0) is 37.1 Å². The van der Waals surface area contributed by atoms with Crippen LogP contribution in [0.3, 0.4) is 0 Å². The number of aromatic amines is 1. The first-order valence-electron chi connectivity index (χ1n) is 5.95. The van der Waals surface area contributed by atoms with Gasteiger partial charge in [0, 0.05) is 6.26 Å².